The fraction of sp³-hybridized carbons (Fsp3) is 0.684. The van der Waals surface area contributed by atoms with Gasteiger partial charge in [0, 0.05) is 11.7 Å². The molecule has 0 radical (unpaired) electrons. The zero-order chi connectivity index (χ0) is 17.9. The molecule has 132 valence electrons. The van der Waals surface area contributed by atoms with Crippen LogP contribution in [0.3, 0.4) is 0 Å². The Morgan fingerprint density at radius 3 is 2.42 bits per heavy atom. The summed E-state index contributed by atoms with van der Waals surface area (Å²) in [6.07, 6.45) is 3.45. The largest absolute Gasteiger partial charge is 0.465 e. The van der Waals surface area contributed by atoms with E-state index in [0.29, 0.717) is 28.4 Å². The first-order valence-corrected chi connectivity index (χ1v) is 8.71. The number of aromatic amines is 1. The van der Waals surface area contributed by atoms with E-state index in [2.05, 4.69) is 31.1 Å². The Labute approximate surface area is 143 Å². The smallest absolute Gasteiger partial charge is 0.339 e. The van der Waals surface area contributed by atoms with Gasteiger partial charge in [0.15, 0.2) is 0 Å². The minimum atomic E-state index is -0.409. The quantitative estimate of drug-likeness (QED) is 0.834. The highest BCUT2D eigenvalue weighted by molar-refractivity contribution is 6.00. The molecule has 2 N–H and O–H groups in total. The van der Waals surface area contributed by atoms with Crippen molar-refractivity contribution in [3.05, 3.63) is 22.5 Å². The van der Waals surface area contributed by atoms with Crippen molar-refractivity contribution in [3.63, 3.8) is 0 Å². The van der Waals surface area contributed by atoms with E-state index in [1.807, 2.05) is 0 Å². The van der Waals surface area contributed by atoms with E-state index in [9.17, 15) is 9.59 Å². The predicted octanol–water partition coefficient (Wildman–Crippen LogP) is 3.36. The normalized spacial score (nSPS) is 30.4. The number of carbonyl (C=O) groups excluding carboxylic acids is 2. The Morgan fingerprint density at radius 1 is 1.25 bits per heavy atom. The first-order valence-electron chi connectivity index (χ1n) is 8.71. The second-order valence-corrected chi connectivity index (χ2v) is 8.25. The topological polar surface area (TPSA) is 71.2 Å². The van der Waals surface area contributed by atoms with Crippen molar-refractivity contribution in [3.8, 4) is 0 Å². The predicted molar refractivity (Wildman–Crippen MR) is 92.1 cm³/mol. The summed E-state index contributed by atoms with van der Waals surface area (Å²) in [6, 6.07) is 0.184. The van der Waals surface area contributed by atoms with Crippen LogP contribution in [-0.2, 0) is 4.74 Å². The molecule has 0 saturated heterocycles. The van der Waals surface area contributed by atoms with Gasteiger partial charge in [-0.1, -0.05) is 20.8 Å². The summed E-state index contributed by atoms with van der Waals surface area (Å²) in [5.41, 5.74) is 2.64. The molecule has 0 aromatic carbocycles. The van der Waals surface area contributed by atoms with Crippen molar-refractivity contribution >= 4 is 11.9 Å². The second kappa shape index (κ2) is 5.36. The third kappa shape index (κ3) is 2.13. The van der Waals surface area contributed by atoms with Gasteiger partial charge >= 0.3 is 5.97 Å². The zero-order valence-corrected chi connectivity index (χ0v) is 15.5. The van der Waals surface area contributed by atoms with Gasteiger partial charge in [0.1, 0.15) is 5.69 Å². The number of rotatable bonds is 3. The Morgan fingerprint density at radius 2 is 1.92 bits per heavy atom. The second-order valence-electron chi connectivity index (χ2n) is 8.25. The van der Waals surface area contributed by atoms with Gasteiger partial charge in [-0.3, -0.25) is 4.79 Å². The van der Waals surface area contributed by atoms with E-state index in [0.717, 1.165) is 12.8 Å². The molecule has 2 aliphatic rings. The molecule has 2 saturated carbocycles. The summed E-state index contributed by atoms with van der Waals surface area (Å²) in [5, 5.41) is 3.24. The first kappa shape index (κ1) is 17.1. The molecule has 1 aromatic rings. The van der Waals surface area contributed by atoms with Crippen molar-refractivity contribution in [1.82, 2.24) is 10.3 Å². The molecule has 3 rings (SSSR count). The van der Waals surface area contributed by atoms with Gasteiger partial charge in [-0.25, -0.2) is 4.79 Å². The number of amides is 1. The van der Waals surface area contributed by atoms with Gasteiger partial charge in [0.2, 0.25) is 0 Å². The average Bonchev–Trinajstić information content (AvgIpc) is 3.00. The molecule has 5 nitrogen and oxygen atoms in total. The van der Waals surface area contributed by atoms with Gasteiger partial charge < -0.3 is 15.0 Å². The van der Waals surface area contributed by atoms with Crippen LogP contribution in [-0.4, -0.2) is 30.0 Å². The number of aromatic nitrogens is 1. The molecule has 0 spiro atoms. The molecule has 0 aliphatic heterocycles. The number of nitrogens with one attached hydrogen (secondary N) is 2. The van der Waals surface area contributed by atoms with Gasteiger partial charge in [0.05, 0.1) is 12.7 Å². The molecule has 3 atom stereocenters. The number of esters is 1. The molecular weight excluding hydrogens is 304 g/mol. The molecule has 2 bridgehead atoms. The molecule has 2 aliphatic carbocycles. The number of fused-ring (bicyclic) bond motifs is 2. The summed E-state index contributed by atoms with van der Waals surface area (Å²) in [7, 11) is 1.35. The monoisotopic (exact) mass is 332 g/mol. The van der Waals surface area contributed by atoms with Crippen LogP contribution in [0.15, 0.2) is 0 Å². The number of hydrogen-bond acceptors (Lipinski definition) is 3. The lowest BCUT2D eigenvalue weighted by molar-refractivity contribution is 0.0599. The lowest BCUT2D eigenvalue weighted by Gasteiger charge is -2.39. The van der Waals surface area contributed by atoms with Gasteiger partial charge in [-0.2, -0.15) is 0 Å². The zero-order valence-electron chi connectivity index (χ0n) is 15.5. The van der Waals surface area contributed by atoms with Crippen LogP contribution in [0.1, 0.15) is 72.1 Å². The fourth-order valence-corrected chi connectivity index (χ4v) is 5.04. The minimum absolute atomic E-state index is 0.125. The van der Waals surface area contributed by atoms with Crippen molar-refractivity contribution in [1.29, 1.82) is 0 Å². The molecule has 24 heavy (non-hydrogen) atoms. The molecule has 1 aromatic heterocycles. The maximum Gasteiger partial charge on any atom is 0.339 e. The van der Waals surface area contributed by atoms with Crippen LogP contribution < -0.4 is 5.32 Å². The summed E-state index contributed by atoms with van der Waals surface area (Å²) < 4.78 is 4.82. The van der Waals surface area contributed by atoms with Crippen molar-refractivity contribution in [2.45, 2.75) is 59.9 Å². The Bertz CT molecular complexity index is 704. The Hall–Kier alpha value is -1.78. The van der Waals surface area contributed by atoms with Crippen LogP contribution in [0.25, 0.3) is 0 Å². The highest BCUT2D eigenvalue weighted by Crippen LogP contribution is 2.65. The standard InChI is InChI=1S/C19H28N2O3/c1-10-14(17(23)24-6)11(2)20-15(10)16(22)21-13-9-12-7-8-19(13,5)18(12,3)4/h12-13,20H,7-9H2,1-6H3,(H,21,22). The van der Waals surface area contributed by atoms with Gasteiger partial charge in [-0.05, 0) is 55.4 Å². The van der Waals surface area contributed by atoms with E-state index < -0.39 is 5.97 Å². The number of hydrogen-bond donors (Lipinski definition) is 2. The van der Waals surface area contributed by atoms with Gasteiger partial charge in [-0.15, -0.1) is 0 Å². The summed E-state index contributed by atoms with van der Waals surface area (Å²) in [5.74, 6) is 0.138. The SMILES string of the molecule is COC(=O)c1c(C)[nH]c(C(=O)NC2CC3CCC2(C)C3(C)C)c1C. The Kier molecular flexibility index (Phi) is 3.81. The summed E-state index contributed by atoms with van der Waals surface area (Å²) >= 11 is 0. The van der Waals surface area contributed by atoms with Crippen LogP contribution in [0.2, 0.25) is 0 Å². The summed E-state index contributed by atoms with van der Waals surface area (Å²) in [4.78, 5) is 27.8. The highest BCUT2D eigenvalue weighted by Gasteiger charge is 2.61. The number of H-pyrrole nitrogens is 1. The Balaban J connectivity index is 1.84. The number of carbonyl (C=O) groups is 2. The highest BCUT2D eigenvalue weighted by atomic mass is 16.5. The van der Waals surface area contributed by atoms with Crippen molar-refractivity contribution in [2.75, 3.05) is 7.11 Å². The maximum atomic E-state index is 12.8. The van der Waals surface area contributed by atoms with E-state index in [1.54, 1.807) is 13.8 Å². The van der Waals surface area contributed by atoms with Crippen molar-refractivity contribution in [2.24, 2.45) is 16.7 Å². The first-order chi connectivity index (χ1) is 11.1. The summed E-state index contributed by atoms with van der Waals surface area (Å²) in [6.45, 7) is 10.5. The minimum Gasteiger partial charge on any atom is -0.465 e. The van der Waals surface area contributed by atoms with Gasteiger partial charge in [0.25, 0.3) is 5.91 Å². The molecule has 5 heteroatoms. The lowest BCUT2D eigenvalue weighted by Crippen LogP contribution is -2.47. The van der Waals surface area contributed by atoms with E-state index in [-0.39, 0.29) is 22.8 Å². The third-order valence-corrected chi connectivity index (χ3v) is 7.15. The van der Waals surface area contributed by atoms with Crippen molar-refractivity contribution < 1.29 is 14.3 Å². The fourth-order valence-electron chi connectivity index (χ4n) is 5.04. The molecule has 2 fully saturated rings. The van der Waals surface area contributed by atoms with E-state index in [1.165, 1.54) is 13.5 Å². The van der Waals surface area contributed by atoms with Crippen LogP contribution >= 0.6 is 0 Å². The van der Waals surface area contributed by atoms with E-state index in [4.69, 9.17) is 4.74 Å². The van der Waals surface area contributed by atoms with Crippen LogP contribution in [0.5, 0.6) is 0 Å². The average molecular weight is 332 g/mol. The molecule has 3 unspecified atom stereocenters. The lowest BCUT2D eigenvalue weighted by atomic mass is 9.69. The number of aryl methyl sites for hydroxylation is 1. The number of methoxy groups -OCH3 is 1. The molecular formula is C19H28N2O3. The van der Waals surface area contributed by atoms with Crippen LogP contribution in [0, 0.1) is 30.6 Å². The maximum absolute atomic E-state index is 12.8. The van der Waals surface area contributed by atoms with Crippen LogP contribution in [0.4, 0.5) is 0 Å². The molecule has 1 amide bonds. The number of ether oxygens (including phenoxy) is 1. The van der Waals surface area contributed by atoms with E-state index >= 15 is 0 Å². The third-order valence-electron chi connectivity index (χ3n) is 7.15. The molecule has 1 heterocycles.